The Bertz CT molecular complexity index is 1610. The maximum atomic E-state index is 12.5. The van der Waals surface area contributed by atoms with Gasteiger partial charge in [-0.3, -0.25) is 9.97 Å². The number of hydrogen-bond acceptors (Lipinski definition) is 8. The molecule has 11 heteroatoms. The van der Waals surface area contributed by atoms with Crippen LogP contribution >= 0.6 is 0 Å². The normalized spacial score (nSPS) is 15.8. The summed E-state index contributed by atoms with van der Waals surface area (Å²) >= 11 is 0. The molecular weight excluding hydrogens is 583 g/mol. The molecule has 0 aromatic carbocycles. The van der Waals surface area contributed by atoms with Gasteiger partial charge < -0.3 is 19.7 Å². The number of carbonyl (C=O) groups excluding carboxylic acids is 1. The van der Waals surface area contributed by atoms with Crippen LogP contribution in [0.15, 0.2) is 48.9 Å². The van der Waals surface area contributed by atoms with Crippen LogP contribution in [-0.4, -0.2) is 70.2 Å². The minimum absolute atomic E-state index is 0.0229. The molecule has 1 amide bonds. The molecule has 0 saturated carbocycles. The number of nitrogens with one attached hydrogen (secondary N) is 1. The Labute approximate surface area is 267 Å². The molecule has 0 spiro atoms. The van der Waals surface area contributed by atoms with E-state index in [9.17, 15) is 4.79 Å². The van der Waals surface area contributed by atoms with E-state index < -0.39 is 13.7 Å². The van der Waals surface area contributed by atoms with Crippen LogP contribution in [0.3, 0.4) is 0 Å². The topological polar surface area (TPSA) is 107 Å². The van der Waals surface area contributed by atoms with E-state index in [4.69, 9.17) is 24.5 Å². The molecule has 1 aliphatic rings. The highest BCUT2D eigenvalue weighted by atomic mass is 28.3. The van der Waals surface area contributed by atoms with Crippen LogP contribution in [0.2, 0.25) is 25.7 Å². The number of aromatic nitrogens is 5. The van der Waals surface area contributed by atoms with Gasteiger partial charge in [0.05, 0.1) is 23.1 Å². The van der Waals surface area contributed by atoms with E-state index in [-0.39, 0.29) is 12.1 Å². The lowest BCUT2D eigenvalue weighted by molar-refractivity contribution is 0.0500. The van der Waals surface area contributed by atoms with E-state index in [0.29, 0.717) is 19.9 Å². The van der Waals surface area contributed by atoms with E-state index in [1.807, 2.05) is 50.0 Å². The number of aryl methyl sites for hydroxylation is 1. The first-order valence-corrected chi connectivity index (χ1v) is 19.7. The van der Waals surface area contributed by atoms with Crippen molar-refractivity contribution in [1.82, 2.24) is 30.0 Å². The second kappa shape index (κ2) is 13.7. The van der Waals surface area contributed by atoms with Gasteiger partial charge in [-0.05, 0) is 75.9 Å². The van der Waals surface area contributed by atoms with E-state index >= 15 is 0 Å². The minimum atomic E-state index is -1.22. The van der Waals surface area contributed by atoms with Gasteiger partial charge in [0, 0.05) is 57.2 Å². The molecule has 1 N–H and O–H groups in total. The Morgan fingerprint density at radius 2 is 1.96 bits per heavy atom. The molecule has 1 unspecified atom stereocenters. The van der Waals surface area contributed by atoms with Crippen LogP contribution in [-0.2, 0) is 22.6 Å². The molecule has 1 fully saturated rings. The van der Waals surface area contributed by atoms with Gasteiger partial charge in [0.25, 0.3) is 0 Å². The number of amides is 1. The lowest BCUT2D eigenvalue weighted by Gasteiger charge is -2.35. The third-order valence-corrected chi connectivity index (χ3v) is 9.53. The Kier molecular flexibility index (Phi) is 9.88. The number of pyridine rings is 3. The Hall–Kier alpha value is -3.83. The highest BCUT2D eigenvalue weighted by Crippen LogP contribution is 2.33. The monoisotopic (exact) mass is 629 g/mol. The van der Waals surface area contributed by atoms with Crippen molar-refractivity contribution in [2.75, 3.05) is 24.6 Å². The summed E-state index contributed by atoms with van der Waals surface area (Å²) in [6.07, 6.45) is 7.76. The number of hydrogen-bond donors (Lipinski definition) is 1. The summed E-state index contributed by atoms with van der Waals surface area (Å²) < 4.78 is 13.5. The third kappa shape index (κ3) is 8.46. The summed E-state index contributed by atoms with van der Waals surface area (Å²) in [5.41, 5.74) is 4.86. The van der Waals surface area contributed by atoms with Crippen molar-refractivity contribution < 1.29 is 14.3 Å². The highest BCUT2D eigenvalue weighted by Gasteiger charge is 2.27. The Morgan fingerprint density at radius 1 is 1.13 bits per heavy atom. The zero-order chi connectivity index (χ0) is 32.2. The van der Waals surface area contributed by atoms with Crippen molar-refractivity contribution >= 4 is 30.9 Å². The van der Waals surface area contributed by atoms with Gasteiger partial charge in [-0.25, -0.2) is 14.5 Å². The SMILES string of the molecule is CCc1ccc(-c2nn(COCC[Si](C)(C)C)c3cnc(-c4cccnc4)cc23)nc1N1CCCC(NC(=O)OC(C)(C)C)C1. The highest BCUT2D eigenvalue weighted by molar-refractivity contribution is 6.76. The number of ether oxygens (including phenoxy) is 2. The van der Waals surface area contributed by atoms with Gasteiger partial charge in [0.15, 0.2) is 0 Å². The minimum Gasteiger partial charge on any atom is -0.444 e. The summed E-state index contributed by atoms with van der Waals surface area (Å²) in [4.78, 5) is 29.1. The smallest absolute Gasteiger partial charge is 0.407 e. The van der Waals surface area contributed by atoms with Crippen LogP contribution in [0.25, 0.3) is 33.5 Å². The quantitative estimate of drug-likeness (QED) is 0.149. The van der Waals surface area contributed by atoms with Gasteiger partial charge in [0.1, 0.15) is 23.8 Å². The van der Waals surface area contributed by atoms with Gasteiger partial charge in [-0.15, -0.1) is 0 Å². The van der Waals surface area contributed by atoms with Crippen molar-refractivity contribution in [3.63, 3.8) is 0 Å². The van der Waals surface area contributed by atoms with Crippen LogP contribution in [0.5, 0.6) is 0 Å². The average Bonchev–Trinajstić information content (AvgIpc) is 3.36. The fourth-order valence-electron chi connectivity index (χ4n) is 5.48. The van der Waals surface area contributed by atoms with E-state index in [1.54, 1.807) is 6.20 Å². The molecule has 10 nitrogen and oxygen atoms in total. The number of anilines is 1. The van der Waals surface area contributed by atoms with Crippen LogP contribution in [0.1, 0.15) is 46.1 Å². The van der Waals surface area contributed by atoms with Crippen molar-refractivity contribution in [3.05, 3.63) is 54.5 Å². The fraction of sp³-hybridized carbons (Fsp3) is 0.500. The molecular formula is C34H47N7O3Si. The maximum absolute atomic E-state index is 12.5. The Balaban J connectivity index is 1.48. The molecule has 1 aliphatic heterocycles. The van der Waals surface area contributed by atoms with Crippen LogP contribution in [0, 0.1) is 0 Å². The third-order valence-electron chi connectivity index (χ3n) is 7.83. The number of nitrogens with zero attached hydrogens (tertiary/aromatic N) is 6. The predicted octanol–water partition coefficient (Wildman–Crippen LogP) is 6.92. The summed E-state index contributed by atoms with van der Waals surface area (Å²) in [5, 5.41) is 9.08. The molecule has 1 atom stereocenters. The van der Waals surface area contributed by atoms with Crippen LogP contribution in [0.4, 0.5) is 10.6 Å². The zero-order valence-electron chi connectivity index (χ0n) is 27.8. The largest absolute Gasteiger partial charge is 0.444 e. The standard InChI is InChI=1S/C34H47N7O3Si/c1-8-24-13-14-28(38-32(24)40-16-10-12-26(22-40)37-33(42)44-34(2,3)4)31-27-19-29(25-11-9-15-35-20-25)36-21-30(27)41(39-31)23-43-17-18-45(5,6)7/h9,11,13-15,19-21,26H,8,10,12,16-18,22-23H2,1-7H3,(H,37,42). The second-order valence-corrected chi connectivity index (χ2v) is 19.6. The molecule has 1 saturated heterocycles. The maximum Gasteiger partial charge on any atom is 0.407 e. The number of carbonyl (C=O) groups is 1. The molecule has 4 aromatic heterocycles. The number of alkyl carbamates (subject to hydrolysis) is 1. The molecule has 45 heavy (non-hydrogen) atoms. The first kappa shape index (κ1) is 32.6. The summed E-state index contributed by atoms with van der Waals surface area (Å²) in [6, 6.07) is 11.3. The second-order valence-electron chi connectivity index (χ2n) is 14.0. The van der Waals surface area contributed by atoms with Gasteiger partial charge >= 0.3 is 6.09 Å². The molecule has 5 heterocycles. The van der Waals surface area contributed by atoms with Gasteiger partial charge in [-0.2, -0.15) is 5.10 Å². The molecule has 0 aliphatic carbocycles. The van der Waals surface area contributed by atoms with Gasteiger partial charge in [-0.1, -0.05) is 32.6 Å². The number of fused-ring (bicyclic) bond motifs is 1. The number of rotatable bonds is 10. The van der Waals surface area contributed by atoms with Crippen molar-refractivity contribution in [2.24, 2.45) is 0 Å². The van der Waals surface area contributed by atoms with Crippen LogP contribution < -0.4 is 10.2 Å². The molecule has 240 valence electrons. The molecule has 5 rings (SSSR count). The molecule has 0 radical (unpaired) electrons. The lowest BCUT2D eigenvalue weighted by Crippen LogP contribution is -2.49. The summed E-state index contributed by atoms with van der Waals surface area (Å²) in [6.45, 7) is 17.4. The fourth-order valence-corrected chi connectivity index (χ4v) is 6.24. The van der Waals surface area contributed by atoms with E-state index in [0.717, 1.165) is 76.8 Å². The average molecular weight is 630 g/mol. The summed E-state index contributed by atoms with van der Waals surface area (Å²) in [5.74, 6) is 0.932. The van der Waals surface area contributed by atoms with Crippen molar-refractivity contribution in [2.45, 2.75) is 91.0 Å². The van der Waals surface area contributed by atoms with Crippen molar-refractivity contribution in [3.8, 4) is 22.6 Å². The predicted molar refractivity (Wildman–Crippen MR) is 182 cm³/mol. The van der Waals surface area contributed by atoms with Crippen molar-refractivity contribution in [1.29, 1.82) is 0 Å². The molecule has 0 bridgehead atoms. The zero-order valence-corrected chi connectivity index (χ0v) is 28.8. The van der Waals surface area contributed by atoms with E-state index in [1.165, 1.54) is 0 Å². The lowest BCUT2D eigenvalue weighted by atomic mass is 10.0. The van der Waals surface area contributed by atoms with E-state index in [2.05, 4.69) is 60.0 Å². The molecule has 4 aromatic rings. The first-order valence-electron chi connectivity index (χ1n) is 16.0. The van der Waals surface area contributed by atoms with Gasteiger partial charge in [0.2, 0.25) is 0 Å². The first-order chi connectivity index (χ1) is 21.4. The number of piperidine rings is 1. The Morgan fingerprint density at radius 3 is 2.67 bits per heavy atom. The summed E-state index contributed by atoms with van der Waals surface area (Å²) in [7, 11) is -1.22.